The third-order valence-electron chi connectivity index (χ3n) is 2.71. The molecule has 4 N–H and O–H groups in total. The van der Waals surface area contributed by atoms with E-state index >= 15 is 0 Å². The molecule has 0 bridgehead atoms. The molecule has 8 heteroatoms. The Morgan fingerprint density at radius 3 is 2.71 bits per heavy atom. The second-order valence-electron chi connectivity index (χ2n) is 4.23. The van der Waals surface area contributed by atoms with Crippen LogP contribution in [0.1, 0.15) is 25.7 Å². The Labute approximate surface area is 125 Å². The molecule has 0 aliphatic heterocycles. The van der Waals surface area contributed by atoms with Gasteiger partial charge in [-0.1, -0.05) is 16.6 Å². The minimum Gasteiger partial charge on any atom is -0.351 e. The Morgan fingerprint density at radius 1 is 1.29 bits per heavy atom. The third-order valence-corrected chi connectivity index (χ3v) is 3.53. The first-order valence-electron chi connectivity index (χ1n) is 6.31. The van der Waals surface area contributed by atoms with Crippen molar-refractivity contribution in [2.24, 2.45) is 5.73 Å². The molecule has 0 spiro atoms. The lowest BCUT2D eigenvalue weighted by Gasteiger charge is -2.10. The lowest BCUT2D eigenvalue weighted by Crippen LogP contribution is -2.29. The van der Waals surface area contributed by atoms with Crippen molar-refractivity contribution in [3.8, 4) is 0 Å². The van der Waals surface area contributed by atoms with E-state index in [1.54, 1.807) is 31.2 Å². The van der Waals surface area contributed by atoms with Crippen LogP contribution in [0.25, 0.3) is 0 Å². The zero-order valence-corrected chi connectivity index (χ0v) is 12.2. The maximum atomic E-state index is 12.2. The number of hydrogen-bond donors (Lipinski definition) is 3. The molecule has 0 saturated carbocycles. The van der Waals surface area contributed by atoms with Gasteiger partial charge in [0.15, 0.2) is 0 Å². The van der Waals surface area contributed by atoms with Crippen LogP contribution in [0.2, 0.25) is 0 Å². The predicted molar refractivity (Wildman–Crippen MR) is 80.4 cm³/mol. The number of anilines is 1. The molecule has 0 fully saturated rings. The molecule has 1 heterocycles. The highest BCUT2D eigenvalue weighted by Crippen LogP contribution is 2.18. The van der Waals surface area contributed by atoms with E-state index in [1.807, 2.05) is 0 Å². The normalized spacial score (nSPS) is 10.2. The van der Waals surface area contributed by atoms with Crippen LogP contribution in [0, 0.1) is 6.92 Å². The number of carbonyl (C=O) groups excluding carboxylic acids is 2. The number of aryl methyl sites for hydroxylation is 1. The lowest BCUT2D eigenvalue weighted by atomic mass is 10.1. The van der Waals surface area contributed by atoms with Gasteiger partial charge in [-0.25, -0.2) is 0 Å². The molecule has 1 aromatic heterocycles. The quantitative estimate of drug-likeness (QED) is 0.756. The van der Waals surface area contributed by atoms with Gasteiger partial charge < -0.3 is 16.4 Å². The number of nitrogens with two attached hydrogens (primary N) is 1. The van der Waals surface area contributed by atoms with Crippen molar-refractivity contribution in [3.63, 3.8) is 0 Å². The monoisotopic (exact) mass is 305 g/mol. The average molecular weight is 305 g/mol. The van der Waals surface area contributed by atoms with Crippen LogP contribution in [0.4, 0.5) is 5.69 Å². The van der Waals surface area contributed by atoms with Gasteiger partial charge in [0.1, 0.15) is 4.88 Å². The Bertz CT molecular complexity index is 656. The van der Waals surface area contributed by atoms with Crippen molar-refractivity contribution >= 4 is 29.0 Å². The molecule has 0 atom stereocenters. The summed E-state index contributed by atoms with van der Waals surface area (Å²) in [6.45, 7) is 2.43. The van der Waals surface area contributed by atoms with E-state index in [9.17, 15) is 9.59 Å². The summed E-state index contributed by atoms with van der Waals surface area (Å²) >= 11 is 1.01. The number of hydrogen-bond acceptors (Lipinski definition) is 6. The summed E-state index contributed by atoms with van der Waals surface area (Å²) in [5, 5.41) is 9.17. The van der Waals surface area contributed by atoms with Gasteiger partial charge in [0, 0.05) is 13.1 Å². The maximum Gasteiger partial charge on any atom is 0.269 e. The molecule has 2 rings (SSSR count). The molecule has 110 valence electrons. The first kappa shape index (κ1) is 15.1. The van der Waals surface area contributed by atoms with Crippen LogP contribution in [-0.2, 0) is 0 Å². The molecule has 0 aliphatic carbocycles. The van der Waals surface area contributed by atoms with Crippen molar-refractivity contribution in [2.45, 2.75) is 6.92 Å². The van der Waals surface area contributed by atoms with Crippen LogP contribution in [0.3, 0.4) is 0 Å². The van der Waals surface area contributed by atoms with Crippen LogP contribution >= 0.6 is 11.5 Å². The van der Waals surface area contributed by atoms with Gasteiger partial charge in [-0.15, -0.1) is 5.10 Å². The zero-order valence-electron chi connectivity index (χ0n) is 11.4. The molecule has 2 amide bonds. The van der Waals surface area contributed by atoms with Gasteiger partial charge >= 0.3 is 0 Å². The first-order chi connectivity index (χ1) is 10.1. The summed E-state index contributed by atoms with van der Waals surface area (Å²) in [7, 11) is 0. The molecule has 7 nitrogen and oxygen atoms in total. The lowest BCUT2D eigenvalue weighted by molar-refractivity contribution is 0.0955. The van der Waals surface area contributed by atoms with Crippen LogP contribution in [0.15, 0.2) is 24.3 Å². The van der Waals surface area contributed by atoms with Gasteiger partial charge in [0.05, 0.1) is 16.9 Å². The largest absolute Gasteiger partial charge is 0.351 e. The van der Waals surface area contributed by atoms with Gasteiger partial charge in [0.25, 0.3) is 11.8 Å². The maximum absolute atomic E-state index is 12.2. The highest BCUT2D eigenvalue weighted by molar-refractivity contribution is 7.08. The number of para-hydroxylation sites is 1. The van der Waals surface area contributed by atoms with E-state index in [2.05, 4.69) is 20.2 Å². The molecule has 0 aliphatic rings. The van der Waals surface area contributed by atoms with E-state index in [0.717, 1.165) is 11.5 Å². The molecule has 0 radical (unpaired) electrons. The number of aromatic nitrogens is 2. The summed E-state index contributed by atoms with van der Waals surface area (Å²) < 4.78 is 3.72. The Kier molecular flexibility index (Phi) is 4.96. The number of benzene rings is 1. The van der Waals surface area contributed by atoms with E-state index in [4.69, 9.17) is 5.73 Å². The standard InChI is InChI=1S/C13H15N5O2S/c1-8-11(21-18-17-8)13(20)16-10-5-3-2-4-9(10)12(19)15-7-6-14/h2-5H,6-7,14H2,1H3,(H,15,19)(H,16,20). The fourth-order valence-corrected chi connectivity index (χ4v) is 2.24. The summed E-state index contributed by atoms with van der Waals surface area (Å²) in [5.74, 6) is -0.614. The Morgan fingerprint density at radius 2 is 2.05 bits per heavy atom. The van der Waals surface area contributed by atoms with Crippen LogP contribution in [0.5, 0.6) is 0 Å². The highest BCUT2D eigenvalue weighted by atomic mass is 32.1. The molecule has 1 aromatic carbocycles. The number of nitrogens with zero attached hydrogens (tertiary/aromatic N) is 2. The zero-order chi connectivity index (χ0) is 15.2. The van der Waals surface area contributed by atoms with Gasteiger partial charge in [0.2, 0.25) is 0 Å². The Balaban J connectivity index is 2.19. The van der Waals surface area contributed by atoms with Crippen LogP contribution < -0.4 is 16.4 Å². The Hall–Kier alpha value is -2.32. The van der Waals surface area contributed by atoms with Crippen molar-refractivity contribution in [3.05, 3.63) is 40.4 Å². The molecule has 0 saturated heterocycles. The predicted octanol–water partition coefficient (Wildman–Crippen LogP) is 0.787. The number of nitrogens with one attached hydrogen (secondary N) is 2. The van der Waals surface area contributed by atoms with E-state index in [-0.39, 0.29) is 11.8 Å². The highest BCUT2D eigenvalue weighted by Gasteiger charge is 2.17. The molecular formula is C13H15N5O2S. The summed E-state index contributed by atoms with van der Waals surface area (Å²) in [6.07, 6.45) is 0. The molecule has 21 heavy (non-hydrogen) atoms. The minimum atomic E-state index is -0.332. The van der Waals surface area contributed by atoms with E-state index < -0.39 is 0 Å². The van der Waals surface area contributed by atoms with Crippen molar-refractivity contribution in [2.75, 3.05) is 18.4 Å². The number of amides is 2. The van der Waals surface area contributed by atoms with Crippen molar-refractivity contribution in [1.29, 1.82) is 0 Å². The molecular weight excluding hydrogens is 290 g/mol. The smallest absolute Gasteiger partial charge is 0.269 e. The second kappa shape index (κ2) is 6.91. The van der Waals surface area contributed by atoms with Crippen molar-refractivity contribution in [1.82, 2.24) is 14.9 Å². The topological polar surface area (TPSA) is 110 Å². The van der Waals surface area contributed by atoms with Gasteiger partial charge in [-0.2, -0.15) is 0 Å². The van der Waals surface area contributed by atoms with Gasteiger partial charge in [-0.3, -0.25) is 9.59 Å². The third kappa shape index (κ3) is 3.61. The summed E-state index contributed by atoms with van der Waals surface area (Å²) in [6, 6.07) is 6.78. The second-order valence-corrected chi connectivity index (χ2v) is 4.99. The fourth-order valence-electron chi connectivity index (χ4n) is 1.69. The number of rotatable bonds is 5. The fraction of sp³-hybridized carbons (Fsp3) is 0.231. The van der Waals surface area contributed by atoms with Gasteiger partial charge in [-0.05, 0) is 30.6 Å². The van der Waals surface area contributed by atoms with Crippen molar-refractivity contribution < 1.29 is 9.59 Å². The summed E-state index contributed by atoms with van der Waals surface area (Å²) in [5.41, 5.74) is 6.73. The first-order valence-corrected chi connectivity index (χ1v) is 7.08. The average Bonchev–Trinajstić information content (AvgIpc) is 2.91. The molecule has 0 unspecified atom stereocenters. The SMILES string of the molecule is Cc1nnsc1C(=O)Nc1ccccc1C(=O)NCCN. The summed E-state index contributed by atoms with van der Waals surface area (Å²) in [4.78, 5) is 24.6. The number of carbonyl (C=O) groups is 2. The van der Waals surface area contributed by atoms with E-state index in [0.29, 0.717) is 34.9 Å². The van der Waals surface area contributed by atoms with E-state index in [1.165, 1.54) is 0 Å². The van der Waals surface area contributed by atoms with Crippen LogP contribution in [-0.4, -0.2) is 34.5 Å². The molecule has 2 aromatic rings. The minimum absolute atomic E-state index is 0.282.